The number of amides is 1. The van der Waals surface area contributed by atoms with Crippen LogP contribution in [0.15, 0.2) is 154 Å². The molecule has 1 aliphatic heterocycles. The molecule has 0 bridgehead atoms. The molecular weight excluding hydrogens is 1270 g/mol. The number of aromatic nitrogens is 8. The summed E-state index contributed by atoms with van der Waals surface area (Å²) in [5.74, 6) is 0.310. The predicted molar refractivity (Wildman–Crippen MR) is 359 cm³/mol. The predicted octanol–water partition coefficient (Wildman–Crippen LogP) is 12.4. The molecule has 13 rings (SSSR count). The number of carbonyl (C=O) groups is 2. The minimum atomic E-state index is -3.70. The molecule has 7 heterocycles. The van der Waals surface area contributed by atoms with Crippen molar-refractivity contribution in [2.45, 2.75) is 66.1 Å². The lowest BCUT2D eigenvalue weighted by Crippen LogP contribution is -2.41. The van der Waals surface area contributed by atoms with Gasteiger partial charge in [-0.2, -0.15) is 19.2 Å². The van der Waals surface area contributed by atoms with Crippen molar-refractivity contribution >= 4 is 101 Å². The second kappa shape index (κ2) is 25.3. The minimum Gasteiger partial charge on any atom is -0.455 e. The van der Waals surface area contributed by atoms with Gasteiger partial charge in [-0.1, -0.05) is 78.2 Å². The zero-order valence-electron chi connectivity index (χ0n) is 53.1. The molecule has 0 radical (unpaired) electrons. The van der Waals surface area contributed by atoms with E-state index in [1.807, 2.05) is 90.1 Å². The van der Waals surface area contributed by atoms with Gasteiger partial charge in [-0.25, -0.2) is 25.6 Å². The SMILES string of the molecule is CCC(=O)c1c(-c2ccc(F)cc2)oc2cc(N(C)S(C)(=O)=O)c(-c3ccc4nnc(-c5ccc(C)cc5)n4n3)cc12.CNC(=O)c1c(-c2ccc(F)cc2)oc2cc(N(C)S(C)(=O)=O)c(B3OC(C)(C)C(C)(C)O3)cc12.Cc1ccc(-c2nnc3ccc(Cl)nn23)cc1. The number of halogens is 3. The molecule has 0 spiro atoms. The lowest BCUT2D eigenvalue weighted by atomic mass is 9.77. The molecule has 0 atom stereocenters. The van der Waals surface area contributed by atoms with Crippen LogP contribution in [0.2, 0.25) is 5.15 Å². The number of nitrogens with one attached hydrogen (secondary N) is 1. The Hall–Kier alpha value is -9.73. The van der Waals surface area contributed by atoms with E-state index in [0.29, 0.717) is 89.2 Å². The third kappa shape index (κ3) is 12.9. The van der Waals surface area contributed by atoms with Crippen molar-refractivity contribution in [1.29, 1.82) is 0 Å². The van der Waals surface area contributed by atoms with Gasteiger partial charge in [-0.05, 0) is 126 Å². The number of Topliss-reactive ketones (excluding diaryl/α,β-unsaturated/α-hetero) is 1. The minimum absolute atomic E-state index is 0.174. The molecule has 12 aromatic rings. The Balaban J connectivity index is 0.000000156. The van der Waals surface area contributed by atoms with Gasteiger partial charge in [-0.3, -0.25) is 18.2 Å². The van der Waals surface area contributed by atoms with Crippen LogP contribution in [0.1, 0.15) is 72.9 Å². The number of anilines is 2. The lowest BCUT2D eigenvalue weighted by Gasteiger charge is -2.32. The summed E-state index contributed by atoms with van der Waals surface area (Å²) in [5.41, 5.74) is 8.04. The fourth-order valence-corrected chi connectivity index (χ4v) is 11.6. The second-order valence-electron chi connectivity index (χ2n) is 23.5. The highest BCUT2D eigenvalue weighted by Gasteiger charge is 2.53. The highest BCUT2D eigenvalue weighted by Crippen LogP contribution is 2.43. The number of carbonyl (C=O) groups excluding carboxylic acids is 2. The number of nitrogens with zero attached hydrogens (tertiary/aromatic N) is 10. The number of fused-ring (bicyclic) bond motifs is 4. The first-order chi connectivity index (χ1) is 44.4. The van der Waals surface area contributed by atoms with Gasteiger partial charge in [0.05, 0.1) is 51.9 Å². The smallest absolute Gasteiger partial charge is 0.455 e. The Morgan fingerprint density at radius 2 is 1.02 bits per heavy atom. The van der Waals surface area contributed by atoms with E-state index in [-0.39, 0.29) is 34.9 Å². The number of furan rings is 2. The fraction of sp³-hybridized carbons (Fsp3) is 0.224. The van der Waals surface area contributed by atoms with Crippen LogP contribution in [-0.4, -0.2) is 120 Å². The molecular formula is C67H63BClF2N11O10S2. The summed E-state index contributed by atoms with van der Waals surface area (Å²) in [6.45, 7) is 13.4. The first-order valence-electron chi connectivity index (χ1n) is 29.4. The van der Waals surface area contributed by atoms with Gasteiger partial charge in [-0.15, -0.1) is 20.4 Å². The number of rotatable bonds is 13. The molecule has 0 saturated carbocycles. The topological polar surface area (TPSA) is 252 Å². The molecule has 94 heavy (non-hydrogen) atoms. The normalized spacial score (nSPS) is 13.6. The first-order valence-corrected chi connectivity index (χ1v) is 33.5. The molecule has 27 heteroatoms. The van der Waals surface area contributed by atoms with Crippen molar-refractivity contribution in [2.24, 2.45) is 0 Å². The van der Waals surface area contributed by atoms with E-state index in [1.54, 1.807) is 64.5 Å². The molecule has 6 aromatic heterocycles. The Labute approximate surface area is 545 Å². The largest absolute Gasteiger partial charge is 0.497 e. The van der Waals surface area contributed by atoms with E-state index in [0.717, 1.165) is 37.8 Å². The molecule has 482 valence electrons. The third-order valence-corrected chi connectivity index (χ3v) is 19.1. The summed E-state index contributed by atoms with van der Waals surface area (Å²) >= 11 is 5.87. The maximum atomic E-state index is 13.7. The number of sulfonamides is 2. The van der Waals surface area contributed by atoms with Crippen LogP contribution in [0, 0.1) is 25.5 Å². The number of aryl methyl sites for hydroxylation is 2. The number of benzene rings is 6. The average molecular weight is 1330 g/mol. The third-order valence-electron chi connectivity index (χ3n) is 16.5. The molecule has 1 aliphatic rings. The van der Waals surface area contributed by atoms with Gasteiger partial charge in [0.2, 0.25) is 20.0 Å². The van der Waals surface area contributed by atoms with E-state index in [4.69, 9.17) is 34.8 Å². The Bertz CT molecular complexity index is 5150. The second-order valence-corrected chi connectivity index (χ2v) is 27.9. The van der Waals surface area contributed by atoms with Crippen molar-refractivity contribution in [3.8, 4) is 56.7 Å². The maximum Gasteiger partial charge on any atom is 0.497 e. The number of ketones is 1. The lowest BCUT2D eigenvalue weighted by molar-refractivity contribution is 0.00578. The molecule has 21 nitrogen and oxygen atoms in total. The molecule has 6 aromatic carbocycles. The van der Waals surface area contributed by atoms with Crippen LogP contribution in [0.5, 0.6) is 0 Å². The average Bonchev–Trinajstić information content (AvgIpc) is 1.57. The number of hydrogen-bond donors (Lipinski definition) is 1. The Morgan fingerprint density at radius 3 is 1.50 bits per heavy atom. The van der Waals surface area contributed by atoms with E-state index in [2.05, 4.69) is 30.8 Å². The van der Waals surface area contributed by atoms with Crippen molar-refractivity contribution in [1.82, 2.24) is 44.9 Å². The van der Waals surface area contributed by atoms with Gasteiger partial charge in [0, 0.05) is 83.7 Å². The van der Waals surface area contributed by atoms with Crippen LogP contribution < -0.4 is 19.4 Å². The quantitative estimate of drug-likeness (QED) is 0.0832. The molecule has 1 fully saturated rings. The van der Waals surface area contributed by atoms with Gasteiger partial charge in [0.1, 0.15) is 39.5 Å². The highest BCUT2D eigenvalue weighted by atomic mass is 35.5. The molecule has 1 N–H and O–H groups in total. The maximum absolute atomic E-state index is 13.7. The van der Waals surface area contributed by atoms with Crippen LogP contribution in [0.25, 0.3) is 89.9 Å². The summed E-state index contributed by atoms with van der Waals surface area (Å²) in [7, 11) is -3.89. The summed E-state index contributed by atoms with van der Waals surface area (Å²) in [4.78, 5) is 26.2. The van der Waals surface area contributed by atoms with Crippen LogP contribution in [0.4, 0.5) is 20.2 Å². The molecule has 1 saturated heterocycles. The zero-order chi connectivity index (χ0) is 67.5. The Kier molecular flexibility index (Phi) is 17.7. The van der Waals surface area contributed by atoms with Crippen molar-refractivity contribution in [2.75, 3.05) is 42.3 Å². The molecule has 0 unspecified atom stereocenters. The summed E-state index contributed by atoms with van der Waals surface area (Å²) in [6.07, 6.45) is 2.40. The van der Waals surface area contributed by atoms with Crippen molar-refractivity contribution in [3.63, 3.8) is 0 Å². The van der Waals surface area contributed by atoms with Crippen LogP contribution in [0.3, 0.4) is 0 Å². The first kappa shape index (κ1) is 65.8. The van der Waals surface area contributed by atoms with Gasteiger partial charge in [0.25, 0.3) is 5.91 Å². The van der Waals surface area contributed by atoms with E-state index < -0.39 is 55.9 Å². The standard InChI is InChI=1S/C31H26FN5O4S.C24H28BFN2O6S.C12H9ClN4/c1-5-26(38)29-23-16-22(24-14-15-28-33-34-31(37(28)35-24)20-8-6-18(2)7-9-20)25(36(3)42(4,39)40)17-27(23)41-30(29)19-10-12-21(32)13-11-19;1-23(2)24(3,4)34-25(33-23)17-12-16-19(13-18(17)28(6)35(7,30)31)32-21(20(16)22(29)27-5)14-8-10-15(26)11-9-14;1-8-2-4-9(5-3-8)12-15-14-11-7-6-10(13)16-17(11)12/h6-17H,5H2,1-4H3;8-13H,1-7H3,(H,27,29);2-7H,1H3. The van der Waals surface area contributed by atoms with Crippen LogP contribution in [-0.2, 0) is 29.4 Å². The Morgan fingerprint density at radius 1 is 0.585 bits per heavy atom. The van der Waals surface area contributed by atoms with Crippen molar-refractivity contribution < 1.29 is 53.3 Å². The van der Waals surface area contributed by atoms with Crippen LogP contribution >= 0.6 is 11.6 Å². The summed E-state index contributed by atoms with van der Waals surface area (Å²) in [5, 5.41) is 29.7. The van der Waals surface area contributed by atoms with E-state index in [9.17, 15) is 35.2 Å². The van der Waals surface area contributed by atoms with E-state index in [1.165, 1.54) is 75.2 Å². The van der Waals surface area contributed by atoms with Gasteiger partial charge < -0.3 is 23.5 Å². The monoisotopic (exact) mass is 1330 g/mol. The fourth-order valence-electron chi connectivity index (χ4n) is 10.4. The molecule has 1 amide bonds. The molecule has 0 aliphatic carbocycles. The van der Waals surface area contributed by atoms with Gasteiger partial charge in [0.15, 0.2) is 28.7 Å². The zero-order valence-corrected chi connectivity index (χ0v) is 55.5. The van der Waals surface area contributed by atoms with Gasteiger partial charge >= 0.3 is 7.12 Å². The summed E-state index contributed by atoms with van der Waals surface area (Å²) in [6, 6.07) is 40.6. The van der Waals surface area contributed by atoms with E-state index >= 15 is 0 Å². The highest BCUT2D eigenvalue weighted by molar-refractivity contribution is 7.92. The number of hydrogen-bond acceptors (Lipinski definition) is 16. The van der Waals surface area contributed by atoms with Crippen molar-refractivity contribution in [3.05, 3.63) is 185 Å². The summed E-state index contributed by atoms with van der Waals surface area (Å²) < 4.78 is 108.